The van der Waals surface area contributed by atoms with Gasteiger partial charge in [0.05, 0.1) is 11.9 Å². The Morgan fingerprint density at radius 1 is 0.976 bits per heavy atom. The standard InChI is InChI=1S/C32H39BrClN3O4S/c1-23(2)21-35-32(39)30(19-25-10-6-5-7-11-25)36(22-26-12-8-13-27(33)18-26)31(38)14-9-17-37(42(4,40)41)29-20-28(34)16-15-24(29)3/h5-8,10-13,15-16,18,20,23,30H,9,14,17,19,21-22H2,1-4H3,(H,35,39)/t30-/m1/s1. The highest BCUT2D eigenvalue weighted by molar-refractivity contribution is 9.10. The number of anilines is 1. The predicted molar refractivity (Wildman–Crippen MR) is 174 cm³/mol. The highest BCUT2D eigenvalue weighted by Crippen LogP contribution is 2.27. The molecule has 226 valence electrons. The largest absolute Gasteiger partial charge is 0.354 e. The molecule has 7 nitrogen and oxygen atoms in total. The first-order valence-corrected chi connectivity index (χ1v) is 17.0. The van der Waals surface area contributed by atoms with E-state index in [0.717, 1.165) is 27.4 Å². The Hall–Kier alpha value is -2.88. The second-order valence-corrected chi connectivity index (χ2v) is 14.1. The summed E-state index contributed by atoms with van der Waals surface area (Å²) < 4.78 is 27.6. The maximum absolute atomic E-state index is 13.9. The van der Waals surface area contributed by atoms with E-state index in [0.29, 0.717) is 23.7 Å². The van der Waals surface area contributed by atoms with Crippen LogP contribution in [0.25, 0.3) is 0 Å². The molecule has 2 amide bonds. The van der Waals surface area contributed by atoms with Gasteiger partial charge in [0.15, 0.2) is 0 Å². The minimum Gasteiger partial charge on any atom is -0.354 e. The molecular formula is C32H39BrClN3O4S. The summed E-state index contributed by atoms with van der Waals surface area (Å²) in [6, 6.07) is 21.6. The van der Waals surface area contributed by atoms with Crippen molar-refractivity contribution in [1.29, 1.82) is 0 Å². The molecule has 0 aliphatic carbocycles. The number of rotatable bonds is 14. The summed E-state index contributed by atoms with van der Waals surface area (Å²) >= 11 is 9.68. The predicted octanol–water partition coefficient (Wildman–Crippen LogP) is 6.37. The van der Waals surface area contributed by atoms with Crippen molar-refractivity contribution in [2.45, 2.75) is 52.6 Å². The van der Waals surface area contributed by atoms with E-state index in [1.165, 1.54) is 4.31 Å². The Kier molecular flexibility index (Phi) is 12.4. The van der Waals surface area contributed by atoms with Gasteiger partial charge in [-0.05, 0) is 60.2 Å². The maximum Gasteiger partial charge on any atom is 0.243 e. The van der Waals surface area contributed by atoms with Crippen molar-refractivity contribution in [3.63, 3.8) is 0 Å². The van der Waals surface area contributed by atoms with Crippen LogP contribution in [-0.4, -0.2) is 50.5 Å². The van der Waals surface area contributed by atoms with Gasteiger partial charge in [0.25, 0.3) is 0 Å². The Labute approximate surface area is 263 Å². The number of carbonyl (C=O) groups is 2. The van der Waals surface area contributed by atoms with Gasteiger partial charge in [0.2, 0.25) is 21.8 Å². The monoisotopic (exact) mass is 675 g/mol. The average molecular weight is 677 g/mol. The van der Waals surface area contributed by atoms with Gasteiger partial charge in [0.1, 0.15) is 6.04 Å². The van der Waals surface area contributed by atoms with Crippen LogP contribution < -0.4 is 9.62 Å². The van der Waals surface area contributed by atoms with Gasteiger partial charge in [-0.1, -0.05) is 89.9 Å². The minimum absolute atomic E-state index is 0.0579. The van der Waals surface area contributed by atoms with Crippen molar-refractivity contribution in [1.82, 2.24) is 10.2 Å². The fourth-order valence-corrected chi connectivity index (χ4v) is 6.27. The SMILES string of the molecule is Cc1ccc(Cl)cc1N(CCCC(=O)N(Cc1cccc(Br)c1)[C@H](Cc1ccccc1)C(=O)NCC(C)C)S(C)(=O)=O. The summed E-state index contributed by atoms with van der Waals surface area (Å²) in [5, 5.41) is 3.45. The molecule has 0 radical (unpaired) electrons. The zero-order valence-corrected chi connectivity index (χ0v) is 27.7. The number of sulfonamides is 1. The fraction of sp³-hybridized carbons (Fsp3) is 0.375. The summed E-state index contributed by atoms with van der Waals surface area (Å²) in [4.78, 5) is 29.2. The van der Waals surface area contributed by atoms with Gasteiger partial charge in [0, 0.05) is 42.0 Å². The number of nitrogens with one attached hydrogen (secondary N) is 1. The van der Waals surface area contributed by atoms with Crippen molar-refractivity contribution in [2.24, 2.45) is 5.92 Å². The molecule has 0 aromatic heterocycles. The van der Waals surface area contributed by atoms with Crippen molar-refractivity contribution >= 4 is 55.1 Å². The lowest BCUT2D eigenvalue weighted by Crippen LogP contribution is -2.51. The molecule has 1 N–H and O–H groups in total. The zero-order valence-electron chi connectivity index (χ0n) is 24.5. The zero-order chi connectivity index (χ0) is 30.9. The van der Waals surface area contributed by atoms with Crippen molar-refractivity contribution in [3.8, 4) is 0 Å². The number of benzene rings is 3. The van der Waals surface area contributed by atoms with Crippen LogP contribution in [0, 0.1) is 12.8 Å². The molecular weight excluding hydrogens is 638 g/mol. The molecule has 0 bridgehead atoms. The highest BCUT2D eigenvalue weighted by Gasteiger charge is 2.30. The molecule has 0 aliphatic rings. The number of carbonyl (C=O) groups excluding carboxylic acids is 2. The van der Waals surface area contributed by atoms with Gasteiger partial charge >= 0.3 is 0 Å². The molecule has 1 atom stereocenters. The van der Waals surface area contributed by atoms with E-state index in [1.807, 2.05) is 75.4 Å². The molecule has 10 heteroatoms. The third-order valence-electron chi connectivity index (χ3n) is 6.79. The smallest absolute Gasteiger partial charge is 0.243 e. The summed E-state index contributed by atoms with van der Waals surface area (Å²) in [6.45, 7) is 6.68. The number of nitrogens with zero attached hydrogens (tertiary/aromatic N) is 2. The summed E-state index contributed by atoms with van der Waals surface area (Å²) in [7, 11) is -3.63. The molecule has 0 saturated carbocycles. The second kappa shape index (κ2) is 15.5. The molecule has 0 heterocycles. The number of hydrogen-bond acceptors (Lipinski definition) is 4. The number of hydrogen-bond donors (Lipinski definition) is 1. The third kappa shape index (κ3) is 10.1. The summed E-state index contributed by atoms with van der Waals surface area (Å²) in [5.74, 6) is -0.201. The van der Waals surface area contributed by atoms with Gasteiger partial charge in [-0.2, -0.15) is 0 Å². The Balaban J connectivity index is 1.90. The summed E-state index contributed by atoms with van der Waals surface area (Å²) in [5.41, 5.74) is 3.06. The van der Waals surface area contributed by atoms with E-state index in [9.17, 15) is 18.0 Å². The molecule has 0 spiro atoms. The van der Waals surface area contributed by atoms with Gasteiger partial charge in [-0.3, -0.25) is 13.9 Å². The van der Waals surface area contributed by atoms with E-state index < -0.39 is 16.1 Å². The van der Waals surface area contributed by atoms with E-state index in [1.54, 1.807) is 23.1 Å². The maximum atomic E-state index is 13.9. The quantitative estimate of drug-likeness (QED) is 0.215. The van der Waals surface area contributed by atoms with E-state index in [4.69, 9.17) is 11.6 Å². The molecule has 3 aromatic rings. The van der Waals surface area contributed by atoms with Crippen LogP contribution in [0.4, 0.5) is 5.69 Å². The normalized spacial score (nSPS) is 12.2. The van der Waals surface area contributed by atoms with E-state index >= 15 is 0 Å². The topological polar surface area (TPSA) is 86.8 Å². The van der Waals surface area contributed by atoms with Gasteiger partial charge < -0.3 is 10.2 Å². The van der Waals surface area contributed by atoms with E-state index in [-0.39, 0.29) is 43.7 Å². The van der Waals surface area contributed by atoms with Crippen LogP contribution >= 0.6 is 27.5 Å². The molecule has 42 heavy (non-hydrogen) atoms. The van der Waals surface area contributed by atoms with Gasteiger partial charge in [-0.25, -0.2) is 8.42 Å². The van der Waals surface area contributed by atoms with Crippen LogP contribution in [0.3, 0.4) is 0 Å². The van der Waals surface area contributed by atoms with E-state index in [2.05, 4.69) is 21.2 Å². The minimum atomic E-state index is -3.63. The number of amides is 2. The molecule has 3 aromatic carbocycles. The molecule has 0 aliphatic heterocycles. The van der Waals surface area contributed by atoms with Crippen LogP contribution in [0.15, 0.2) is 77.3 Å². The molecule has 0 unspecified atom stereocenters. The molecule has 0 fully saturated rings. The highest BCUT2D eigenvalue weighted by atomic mass is 79.9. The summed E-state index contributed by atoms with van der Waals surface area (Å²) in [6.07, 6.45) is 1.81. The first-order chi connectivity index (χ1) is 19.8. The van der Waals surface area contributed by atoms with Crippen LogP contribution in [0.1, 0.15) is 43.4 Å². The number of aryl methyl sites for hydroxylation is 1. The third-order valence-corrected chi connectivity index (χ3v) is 8.70. The Morgan fingerprint density at radius 2 is 1.67 bits per heavy atom. The lowest BCUT2D eigenvalue weighted by atomic mass is 10.0. The number of halogens is 2. The molecule has 3 rings (SSSR count). The molecule has 0 saturated heterocycles. The van der Waals surface area contributed by atoms with Gasteiger partial charge in [-0.15, -0.1) is 0 Å². The average Bonchev–Trinajstić information content (AvgIpc) is 2.93. The van der Waals surface area contributed by atoms with Crippen molar-refractivity contribution in [3.05, 3.63) is 99.0 Å². The first kappa shape index (κ1) is 33.6. The van der Waals surface area contributed by atoms with Crippen LogP contribution in [0.2, 0.25) is 5.02 Å². The van der Waals surface area contributed by atoms with Crippen molar-refractivity contribution in [2.75, 3.05) is 23.7 Å². The van der Waals surface area contributed by atoms with Crippen molar-refractivity contribution < 1.29 is 18.0 Å². The fourth-order valence-electron chi connectivity index (χ4n) is 4.64. The lowest BCUT2D eigenvalue weighted by Gasteiger charge is -2.32. The van der Waals surface area contributed by atoms with Crippen LogP contribution in [-0.2, 0) is 32.6 Å². The Bertz CT molecular complexity index is 1470. The van der Waals surface area contributed by atoms with Crippen LogP contribution in [0.5, 0.6) is 0 Å². The lowest BCUT2D eigenvalue weighted by molar-refractivity contribution is -0.141. The second-order valence-electron chi connectivity index (χ2n) is 10.9. The first-order valence-electron chi connectivity index (χ1n) is 13.9. The Morgan fingerprint density at radius 3 is 2.31 bits per heavy atom.